The molecule has 12 N–H and O–H groups in total. The lowest BCUT2D eigenvalue weighted by Crippen LogP contribution is -2.23. The Labute approximate surface area is 493 Å². The van der Waals surface area contributed by atoms with E-state index < -0.39 is 0 Å². The Bertz CT molecular complexity index is 4270. The molecule has 0 saturated heterocycles. The number of aromatic nitrogens is 12. The summed E-state index contributed by atoms with van der Waals surface area (Å²) in [4.78, 5) is 51.0. The summed E-state index contributed by atoms with van der Waals surface area (Å²) in [6, 6.07) is 23.0. The average molecular weight is 1230 g/mol. The number of nitrogens with two attached hydrogens (primary N) is 4. The van der Waals surface area contributed by atoms with Crippen LogP contribution in [-0.2, 0) is 37.3 Å². The first-order valence-corrected chi connectivity index (χ1v) is 28.9. The number of benzene rings is 4. The van der Waals surface area contributed by atoms with Crippen molar-refractivity contribution in [1.29, 1.82) is 0 Å². The van der Waals surface area contributed by atoms with Gasteiger partial charge >= 0.3 is 0 Å². The van der Waals surface area contributed by atoms with Crippen molar-refractivity contribution in [1.82, 2.24) is 59.1 Å². The maximum Gasteiger partial charge on any atom is 0.262 e. The Kier molecular flexibility index (Phi) is 19.1. The third-order valence-corrected chi connectivity index (χ3v) is 15.6. The van der Waals surface area contributed by atoms with Crippen molar-refractivity contribution in [2.75, 3.05) is 39.9 Å². The molecule has 24 heteroatoms. The topological polar surface area (TPSA) is 316 Å². The molecule has 0 spiro atoms. The minimum absolute atomic E-state index is 0.00507. The Morgan fingerprint density at radius 1 is 0.470 bits per heavy atom. The number of methoxy groups -OCH3 is 1. The Morgan fingerprint density at radius 2 is 0.807 bits per heavy atom. The molecular formula is C59H67BrCl2N16O5. The lowest BCUT2D eigenvalue weighted by molar-refractivity contribution is 0.201. The van der Waals surface area contributed by atoms with Gasteiger partial charge in [-0.2, -0.15) is 20.4 Å². The summed E-state index contributed by atoms with van der Waals surface area (Å²) >= 11 is 15.7. The highest BCUT2D eigenvalue weighted by atomic mass is 79.9. The van der Waals surface area contributed by atoms with Gasteiger partial charge in [0, 0.05) is 92.9 Å². The monoisotopic (exact) mass is 1230 g/mol. The van der Waals surface area contributed by atoms with Crippen LogP contribution in [0.4, 0.5) is 0 Å². The van der Waals surface area contributed by atoms with Crippen molar-refractivity contribution < 1.29 is 4.74 Å². The smallest absolute Gasteiger partial charge is 0.262 e. The van der Waals surface area contributed by atoms with Gasteiger partial charge in [0.15, 0.2) is 0 Å². The predicted octanol–water partition coefficient (Wildman–Crippen LogP) is 8.40. The van der Waals surface area contributed by atoms with E-state index in [1.807, 2.05) is 86.9 Å². The second kappa shape index (κ2) is 26.4. The summed E-state index contributed by atoms with van der Waals surface area (Å²) in [5, 5.41) is 36.4. The Morgan fingerprint density at radius 3 is 1.20 bits per heavy atom. The van der Waals surface area contributed by atoms with E-state index in [2.05, 4.69) is 62.8 Å². The number of aryl methyl sites for hydroxylation is 8. The standard InChI is InChI=1S/C16H19ClN4O2.C15H18N4O.C14H15BrN4O.C14H15ClN4O/c1-23-8-5-12-14-15(20-19-12)11-9-10(17)3-4-13(11)21(16(14)22)7-2-6-18;1-9-4-5-12-11(8-9)14-13(10(2)17-18-14)15(20)19(12)7-3-6-16;2*1-8-12-13(18-17-8)10-7-9(15)3-4-11(10)19(14(12)20)6-2-5-16/h3-4,9H,2,5-8,18H2,1H3,(H,19,20);4-5,8H,3,6-7,16H2,1-2H3,(H,17,18);2*3-4,7H,2,5-6,16H2,1H3,(H,17,18). The molecule has 8 heterocycles. The zero-order valence-corrected chi connectivity index (χ0v) is 50.0. The van der Waals surface area contributed by atoms with Gasteiger partial charge in [-0.1, -0.05) is 50.8 Å². The molecule has 0 aliphatic carbocycles. The number of rotatable bonds is 15. The van der Waals surface area contributed by atoms with Crippen molar-refractivity contribution >= 4 is 126 Å². The van der Waals surface area contributed by atoms with Crippen molar-refractivity contribution in [2.45, 2.75) is 86.0 Å². The first kappa shape index (κ1) is 60.1. The number of ether oxygens (including phenoxy) is 1. The molecule has 0 saturated carbocycles. The number of hydrogen-bond acceptors (Lipinski definition) is 13. The Balaban J connectivity index is 0.000000133. The minimum atomic E-state index is -0.0527. The molecule has 0 amide bonds. The van der Waals surface area contributed by atoms with Crippen LogP contribution in [0.25, 0.3) is 87.2 Å². The zero-order valence-electron chi connectivity index (χ0n) is 46.9. The van der Waals surface area contributed by atoms with Crippen LogP contribution in [-0.4, -0.2) is 99.0 Å². The van der Waals surface area contributed by atoms with Crippen LogP contribution in [0.2, 0.25) is 10.0 Å². The quantitative estimate of drug-likeness (QED) is 0.0479. The van der Waals surface area contributed by atoms with Gasteiger partial charge in [-0.05, 0) is 146 Å². The van der Waals surface area contributed by atoms with E-state index >= 15 is 0 Å². The Hall–Kier alpha value is -7.54. The second-order valence-corrected chi connectivity index (χ2v) is 22.1. The summed E-state index contributed by atoms with van der Waals surface area (Å²) in [5.41, 5.74) is 32.9. The maximum absolute atomic E-state index is 13.0. The van der Waals surface area contributed by atoms with Gasteiger partial charge in [-0.15, -0.1) is 0 Å². The van der Waals surface area contributed by atoms with Crippen LogP contribution in [0.5, 0.6) is 0 Å². The highest BCUT2D eigenvalue weighted by molar-refractivity contribution is 9.10. The van der Waals surface area contributed by atoms with Crippen molar-refractivity contribution in [3.8, 4) is 0 Å². The molecule has 0 unspecified atom stereocenters. The summed E-state index contributed by atoms with van der Waals surface area (Å²) < 4.78 is 13.2. The molecule has 8 aromatic heterocycles. The number of H-pyrrole nitrogens is 4. The second-order valence-electron chi connectivity index (χ2n) is 20.3. The summed E-state index contributed by atoms with van der Waals surface area (Å²) in [6.07, 6.45) is 3.64. The maximum atomic E-state index is 13.0. The first-order valence-electron chi connectivity index (χ1n) is 27.4. The van der Waals surface area contributed by atoms with Crippen molar-refractivity contribution in [3.05, 3.63) is 157 Å². The van der Waals surface area contributed by atoms with Crippen LogP contribution in [0.3, 0.4) is 0 Å². The third-order valence-electron chi connectivity index (χ3n) is 14.6. The van der Waals surface area contributed by atoms with E-state index in [0.717, 1.165) is 113 Å². The van der Waals surface area contributed by atoms with Gasteiger partial charge in [-0.3, -0.25) is 39.6 Å². The molecule has 0 aliphatic heterocycles. The number of aromatic amines is 4. The van der Waals surface area contributed by atoms with E-state index in [1.165, 1.54) is 0 Å². The molecule has 0 radical (unpaired) electrons. The van der Waals surface area contributed by atoms with Gasteiger partial charge in [0.05, 0.1) is 55.9 Å². The largest absolute Gasteiger partial charge is 0.384 e. The van der Waals surface area contributed by atoms with Gasteiger partial charge < -0.3 is 45.9 Å². The molecule has 434 valence electrons. The van der Waals surface area contributed by atoms with E-state index in [0.29, 0.717) is 108 Å². The van der Waals surface area contributed by atoms with Crippen molar-refractivity contribution in [2.24, 2.45) is 22.9 Å². The summed E-state index contributed by atoms with van der Waals surface area (Å²) in [7, 11) is 1.63. The molecule has 4 aromatic carbocycles. The number of nitrogens with one attached hydrogen (secondary N) is 4. The van der Waals surface area contributed by atoms with Gasteiger partial charge in [0.2, 0.25) is 0 Å². The fraction of sp³-hybridized carbons (Fsp3) is 0.322. The first-order chi connectivity index (χ1) is 40.1. The lowest BCUT2D eigenvalue weighted by Gasteiger charge is -2.11. The molecule has 83 heavy (non-hydrogen) atoms. The fourth-order valence-electron chi connectivity index (χ4n) is 10.6. The molecule has 0 atom stereocenters. The summed E-state index contributed by atoms with van der Waals surface area (Å²) in [6.45, 7) is 12.8. The molecule has 21 nitrogen and oxygen atoms in total. The third kappa shape index (κ3) is 12.0. The SMILES string of the molecule is COCCc1[nH]nc2c1c(=O)n(CCCN)c1ccc(Cl)cc21.Cc1[nH]nc2c1c(=O)n(CCCN)c1ccc(Br)cc21.Cc1[nH]nc2c1c(=O)n(CCCN)c1ccc(Cl)cc21.Cc1ccc2c(c1)c1n[nH]c(C)c1c(=O)n2CCCN. The summed E-state index contributed by atoms with van der Waals surface area (Å²) in [5.74, 6) is 0. The number of fused-ring (bicyclic) bond motifs is 12. The number of pyridine rings is 4. The lowest BCUT2D eigenvalue weighted by atomic mass is 10.1. The highest BCUT2D eigenvalue weighted by Crippen LogP contribution is 2.30. The van der Waals surface area contributed by atoms with Crippen LogP contribution >= 0.6 is 39.1 Å². The van der Waals surface area contributed by atoms with Gasteiger partial charge in [-0.25, -0.2) is 0 Å². The fourth-order valence-corrected chi connectivity index (χ4v) is 11.3. The average Bonchev–Trinajstić information content (AvgIpc) is 4.44. The zero-order chi connectivity index (χ0) is 59.2. The van der Waals surface area contributed by atoms with Crippen LogP contribution in [0.15, 0.2) is 96.4 Å². The van der Waals surface area contributed by atoms with Crippen LogP contribution in [0.1, 0.15) is 54.0 Å². The van der Waals surface area contributed by atoms with Gasteiger partial charge in [0.1, 0.15) is 22.1 Å². The molecule has 12 rings (SSSR count). The normalized spacial score (nSPS) is 11.6. The van der Waals surface area contributed by atoms with E-state index in [-0.39, 0.29) is 22.2 Å². The number of nitrogens with zero attached hydrogens (tertiary/aromatic N) is 8. The van der Waals surface area contributed by atoms with Crippen LogP contribution < -0.4 is 45.2 Å². The highest BCUT2D eigenvalue weighted by Gasteiger charge is 2.20. The number of halogens is 3. The van der Waals surface area contributed by atoms with E-state index in [4.69, 9.17) is 50.9 Å². The molecule has 0 aliphatic rings. The number of hydrogen-bond donors (Lipinski definition) is 8. The van der Waals surface area contributed by atoms with E-state index in [9.17, 15) is 19.2 Å². The van der Waals surface area contributed by atoms with Gasteiger partial charge in [0.25, 0.3) is 22.2 Å². The van der Waals surface area contributed by atoms with Crippen molar-refractivity contribution in [3.63, 3.8) is 0 Å². The molecule has 0 fully saturated rings. The molecule has 12 aromatic rings. The molecule has 0 bridgehead atoms. The minimum Gasteiger partial charge on any atom is -0.384 e. The van der Waals surface area contributed by atoms with E-state index in [1.54, 1.807) is 32.9 Å². The van der Waals surface area contributed by atoms with Crippen LogP contribution in [0, 0.1) is 27.7 Å². The predicted molar refractivity (Wildman–Crippen MR) is 338 cm³/mol. The molecular weight excluding hydrogens is 1160 g/mol.